The standard InChI is InChI=1S/C20H20FNO4/c1-3-17-10-14-8-16(21)9-15(20(14)26-17)11-25-18-6-4-13(12(2)22-18)5-7-19(23)24/h4,6,8-10H,3,5,7,11H2,1-2H3,(H,23,24). The van der Waals surface area contributed by atoms with E-state index in [0.29, 0.717) is 28.8 Å². The first kappa shape index (κ1) is 17.9. The molecule has 0 bridgehead atoms. The normalized spacial score (nSPS) is 11.0. The monoisotopic (exact) mass is 357 g/mol. The Morgan fingerprint density at radius 3 is 2.77 bits per heavy atom. The van der Waals surface area contributed by atoms with E-state index in [1.54, 1.807) is 6.07 Å². The third-order valence-electron chi connectivity index (χ3n) is 4.21. The smallest absolute Gasteiger partial charge is 0.303 e. The molecule has 2 aromatic heterocycles. The Morgan fingerprint density at radius 2 is 2.08 bits per heavy atom. The summed E-state index contributed by atoms with van der Waals surface area (Å²) in [6.07, 6.45) is 1.21. The van der Waals surface area contributed by atoms with Crippen LogP contribution in [0.5, 0.6) is 5.88 Å². The maximum atomic E-state index is 13.8. The fraction of sp³-hybridized carbons (Fsp3) is 0.300. The Bertz CT molecular complexity index is 948. The number of carbonyl (C=O) groups is 1. The zero-order valence-corrected chi connectivity index (χ0v) is 14.7. The van der Waals surface area contributed by atoms with Gasteiger partial charge in [-0.1, -0.05) is 13.0 Å². The predicted molar refractivity (Wildman–Crippen MR) is 94.8 cm³/mol. The number of carboxylic acid groups (broad SMARTS) is 1. The van der Waals surface area contributed by atoms with Gasteiger partial charge in [0.25, 0.3) is 0 Å². The van der Waals surface area contributed by atoms with Gasteiger partial charge in [0.05, 0.1) is 0 Å². The van der Waals surface area contributed by atoms with Crippen molar-refractivity contribution in [1.29, 1.82) is 0 Å². The van der Waals surface area contributed by atoms with Crippen LogP contribution in [0.3, 0.4) is 0 Å². The quantitative estimate of drug-likeness (QED) is 0.677. The van der Waals surface area contributed by atoms with Gasteiger partial charge in [-0.25, -0.2) is 9.37 Å². The maximum Gasteiger partial charge on any atom is 0.303 e. The lowest BCUT2D eigenvalue weighted by molar-refractivity contribution is -0.136. The van der Waals surface area contributed by atoms with Gasteiger partial charge in [0.1, 0.15) is 23.8 Å². The van der Waals surface area contributed by atoms with Crippen LogP contribution in [0.15, 0.2) is 34.7 Å². The number of furan rings is 1. The lowest BCUT2D eigenvalue weighted by Gasteiger charge is -2.09. The number of nitrogens with zero attached hydrogens (tertiary/aromatic N) is 1. The van der Waals surface area contributed by atoms with E-state index >= 15 is 0 Å². The van der Waals surface area contributed by atoms with Gasteiger partial charge in [-0.3, -0.25) is 4.79 Å². The van der Waals surface area contributed by atoms with Gasteiger partial charge in [-0.15, -0.1) is 0 Å². The van der Waals surface area contributed by atoms with Gasteiger partial charge in [-0.2, -0.15) is 0 Å². The Labute approximate surface area is 150 Å². The number of ether oxygens (including phenoxy) is 1. The lowest BCUT2D eigenvalue weighted by Crippen LogP contribution is -2.03. The largest absolute Gasteiger partial charge is 0.481 e. The Kier molecular flexibility index (Phi) is 5.21. The number of carboxylic acids is 1. The third-order valence-corrected chi connectivity index (χ3v) is 4.21. The molecule has 3 aromatic rings. The van der Waals surface area contributed by atoms with E-state index in [9.17, 15) is 9.18 Å². The summed E-state index contributed by atoms with van der Waals surface area (Å²) in [6.45, 7) is 3.92. The van der Waals surface area contributed by atoms with Crippen molar-refractivity contribution in [3.63, 3.8) is 0 Å². The van der Waals surface area contributed by atoms with E-state index in [1.165, 1.54) is 12.1 Å². The highest BCUT2D eigenvalue weighted by Gasteiger charge is 2.12. The molecule has 0 saturated carbocycles. The number of hydrogen-bond acceptors (Lipinski definition) is 4. The van der Waals surface area contributed by atoms with Crippen molar-refractivity contribution in [3.8, 4) is 5.88 Å². The molecule has 136 valence electrons. The summed E-state index contributed by atoms with van der Waals surface area (Å²) < 4.78 is 25.3. The molecule has 0 amide bonds. The molecule has 0 saturated heterocycles. The zero-order valence-electron chi connectivity index (χ0n) is 14.7. The van der Waals surface area contributed by atoms with Crippen LogP contribution in [0.25, 0.3) is 11.0 Å². The van der Waals surface area contributed by atoms with E-state index in [2.05, 4.69) is 4.98 Å². The molecule has 2 heterocycles. The molecule has 0 atom stereocenters. The molecule has 1 aromatic carbocycles. The number of aromatic nitrogens is 1. The second-order valence-electron chi connectivity index (χ2n) is 6.13. The van der Waals surface area contributed by atoms with Crippen LogP contribution in [0.2, 0.25) is 0 Å². The molecule has 26 heavy (non-hydrogen) atoms. The number of hydrogen-bond donors (Lipinski definition) is 1. The molecule has 1 N–H and O–H groups in total. The molecule has 0 aliphatic heterocycles. The highest BCUT2D eigenvalue weighted by molar-refractivity contribution is 5.81. The Hall–Kier alpha value is -2.89. The minimum Gasteiger partial charge on any atom is -0.481 e. The molecule has 0 unspecified atom stereocenters. The van der Waals surface area contributed by atoms with Crippen LogP contribution in [-0.2, 0) is 24.2 Å². The van der Waals surface area contributed by atoms with E-state index in [0.717, 1.165) is 23.4 Å². The number of fused-ring (bicyclic) bond motifs is 1. The minimum absolute atomic E-state index is 0.0578. The molecule has 0 aliphatic carbocycles. The fourth-order valence-electron chi connectivity index (χ4n) is 2.83. The average molecular weight is 357 g/mol. The molecule has 0 fully saturated rings. The summed E-state index contributed by atoms with van der Waals surface area (Å²) in [7, 11) is 0. The number of pyridine rings is 1. The molecule has 5 nitrogen and oxygen atoms in total. The first-order valence-corrected chi connectivity index (χ1v) is 8.48. The van der Waals surface area contributed by atoms with Crippen LogP contribution in [0, 0.1) is 12.7 Å². The van der Waals surface area contributed by atoms with Crippen LogP contribution in [-0.4, -0.2) is 16.1 Å². The van der Waals surface area contributed by atoms with Gasteiger partial charge in [0, 0.05) is 35.6 Å². The van der Waals surface area contributed by atoms with Gasteiger partial charge < -0.3 is 14.3 Å². The molecule has 0 radical (unpaired) electrons. The molecular weight excluding hydrogens is 337 g/mol. The molecule has 0 aliphatic rings. The van der Waals surface area contributed by atoms with E-state index in [-0.39, 0.29) is 18.8 Å². The molecule has 0 spiro atoms. The lowest BCUT2D eigenvalue weighted by atomic mass is 10.1. The van der Waals surface area contributed by atoms with Gasteiger partial charge in [0.15, 0.2) is 0 Å². The molecule has 3 rings (SSSR count). The number of aliphatic carboxylic acids is 1. The van der Waals surface area contributed by atoms with Gasteiger partial charge in [-0.05, 0) is 37.1 Å². The molecule has 6 heteroatoms. The second kappa shape index (κ2) is 7.56. The van der Waals surface area contributed by atoms with E-state index in [4.69, 9.17) is 14.3 Å². The van der Waals surface area contributed by atoms with Crippen molar-refractivity contribution in [2.45, 2.75) is 39.7 Å². The van der Waals surface area contributed by atoms with Crippen molar-refractivity contribution in [3.05, 3.63) is 58.7 Å². The van der Waals surface area contributed by atoms with Crippen molar-refractivity contribution in [2.24, 2.45) is 0 Å². The molecular formula is C20H20FNO4. The maximum absolute atomic E-state index is 13.8. The predicted octanol–water partition coefficient (Wildman–Crippen LogP) is 4.43. The summed E-state index contributed by atoms with van der Waals surface area (Å²) in [5.41, 5.74) is 2.83. The van der Waals surface area contributed by atoms with E-state index < -0.39 is 5.97 Å². The summed E-state index contributed by atoms with van der Waals surface area (Å²) in [5, 5.41) is 9.49. The van der Waals surface area contributed by atoms with Gasteiger partial charge in [0.2, 0.25) is 5.88 Å². The SMILES string of the molecule is CCc1cc2cc(F)cc(COc3ccc(CCC(=O)O)c(C)n3)c2o1. The van der Waals surface area contributed by atoms with Gasteiger partial charge >= 0.3 is 5.97 Å². The Morgan fingerprint density at radius 1 is 1.27 bits per heavy atom. The van der Waals surface area contributed by atoms with Crippen molar-refractivity contribution in [1.82, 2.24) is 4.98 Å². The Balaban J connectivity index is 1.76. The number of benzene rings is 1. The van der Waals surface area contributed by atoms with Crippen LogP contribution < -0.4 is 4.74 Å². The highest BCUT2D eigenvalue weighted by atomic mass is 19.1. The fourth-order valence-corrected chi connectivity index (χ4v) is 2.83. The number of halogens is 1. The van der Waals surface area contributed by atoms with Crippen LogP contribution in [0.1, 0.15) is 35.9 Å². The topological polar surface area (TPSA) is 72.6 Å². The summed E-state index contributed by atoms with van der Waals surface area (Å²) >= 11 is 0. The third kappa shape index (κ3) is 4.02. The first-order chi connectivity index (χ1) is 12.5. The van der Waals surface area contributed by atoms with Crippen molar-refractivity contribution >= 4 is 16.9 Å². The summed E-state index contributed by atoms with van der Waals surface area (Å²) in [6, 6.07) is 8.19. The van der Waals surface area contributed by atoms with Crippen LogP contribution >= 0.6 is 0 Å². The number of rotatable bonds is 7. The first-order valence-electron chi connectivity index (χ1n) is 8.48. The van der Waals surface area contributed by atoms with E-state index in [1.807, 2.05) is 26.0 Å². The van der Waals surface area contributed by atoms with Crippen LogP contribution in [0.4, 0.5) is 4.39 Å². The highest BCUT2D eigenvalue weighted by Crippen LogP contribution is 2.26. The summed E-state index contributed by atoms with van der Waals surface area (Å²) in [4.78, 5) is 15.0. The average Bonchev–Trinajstić information content (AvgIpc) is 3.01. The second-order valence-corrected chi connectivity index (χ2v) is 6.13. The number of aryl methyl sites for hydroxylation is 3. The van der Waals surface area contributed by atoms with Crippen molar-refractivity contribution in [2.75, 3.05) is 0 Å². The summed E-state index contributed by atoms with van der Waals surface area (Å²) in [5.74, 6) is 0.0160. The zero-order chi connectivity index (χ0) is 18.7. The minimum atomic E-state index is -0.843. The van der Waals surface area contributed by atoms with Crippen molar-refractivity contribution < 1.29 is 23.4 Å².